The Kier molecular flexibility index (Phi) is 5.17. The van der Waals surface area contributed by atoms with Crippen LogP contribution in [0.25, 0.3) is 21.8 Å². The summed E-state index contributed by atoms with van der Waals surface area (Å²) in [6.07, 6.45) is -3.75. The Balaban J connectivity index is 1.60. The van der Waals surface area contributed by atoms with E-state index < -0.39 is 11.7 Å². The first-order chi connectivity index (χ1) is 15.9. The monoisotopic (exact) mass is 447 g/mol. The third-order valence-corrected chi connectivity index (χ3v) is 5.65. The van der Waals surface area contributed by atoms with E-state index in [0.717, 1.165) is 28.5 Å². The summed E-state index contributed by atoms with van der Waals surface area (Å²) >= 11 is 0. The number of rotatable bonds is 5. The van der Waals surface area contributed by atoms with Crippen LogP contribution in [0.5, 0.6) is 5.75 Å². The van der Waals surface area contributed by atoms with E-state index >= 15 is 0 Å². The third kappa shape index (κ3) is 4.22. The molecule has 1 aromatic heterocycles. The molecule has 0 spiro atoms. The predicted octanol–water partition coefficient (Wildman–Crippen LogP) is 6.90. The summed E-state index contributed by atoms with van der Waals surface area (Å²) in [5.74, 6) is 0.570. The molecule has 4 aromatic carbocycles. The molecule has 0 amide bonds. The number of halogens is 3. The molecule has 0 saturated heterocycles. The number of aromatic nitrogens is 2. The highest BCUT2D eigenvalue weighted by Gasteiger charge is 2.31. The SMILES string of the molecule is Oc1ccc2cccc(Nc3nc4cc(C(F)(F)F)ccc4n3CCc3ccccc3)c2c1. The molecular formula is C26H20F3N3O. The zero-order valence-corrected chi connectivity index (χ0v) is 17.5. The second-order valence-corrected chi connectivity index (χ2v) is 7.86. The zero-order valence-electron chi connectivity index (χ0n) is 17.5. The number of alkyl halides is 3. The summed E-state index contributed by atoms with van der Waals surface area (Å²) in [7, 11) is 0. The Morgan fingerprint density at radius 3 is 2.48 bits per heavy atom. The maximum absolute atomic E-state index is 13.3. The van der Waals surface area contributed by atoms with Gasteiger partial charge in [-0.05, 0) is 53.8 Å². The number of anilines is 2. The Hall–Kier alpha value is -4.00. The summed E-state index contributed by atoms with van der Waals surface area (Å²) < 4.78 is 41.7. The molecule has 33 heavy (non-hydrogen) atoms. The fourth-order valence-corrected chi connectivity index (χ4v) is 4.00. The summed E-state index contributed by atoms with van der Waals surface area (Å²) in [5.41, 5.74) is 1.97. The standard InChI is InChI=1S/C26H20F3N3O/c27-26(28,29)19-10-12-24-23(15-19)31-25(32(24)14-13-17-5-2-1-3-6-17)30-22-8-4-7-18-9-11-20(33)16-21(18)22/h1-12,15-16,33H,13-14H2,(H,30,31). The van der Waals surface area contributed by atoms with Gasteiger partial charge in [-0.1, -0.05) is 48.5 Å². The van der Waals surface area contributed by atoms with Gasteiger partial charge in [0, 0.05) is 17.6 Å². The molecule has 0 bridgehead atoms. The van der Waals surface area contributed by atoms with Crippen LogP contribution in [0.2, 0.25) is 0 Å². The minimum absolute atomic E-state index is 0.129. The topological polar surface area (TPSA) is 50.1 Å². The lowest BCUT2D eigenvalue weighted by Gasteiger charge is -2.13. The van der Waals surface area contributed by atoms with E-state index in [1.54, 1.807) is 12.1 Å². The predicted molar refractivity (Wildman–Crippen MR) is 124 cm³/mol. The minimum Gasteiger partial charge on any atom is -0.508 e. The van der Waals surface area contributed by atoms with Crippen molar-refractivity contribution in [2.24, 2.45) is 0 Å². The van der Waals surface area contributed by atoms with Crippen molar-refractivity contribution in [3.8, 4) is 5.75 Å². The van der Waals surface area contributed by atoms with E-state index in [1.807, 2.05) is 59.2 Å². The van der Waals surface area contributed by atoms with Crippen LogP contribution >= 0.6 is 0 Å². The fourth-order valence-electron chi connectivity index (χ4n) is 4.00. The third-order valence-electron chi connectivity index (χ3n) is 5.65. The maximum Gasteiger partial charge on any atom is 0.416 e. The van der Waals surface area contributed by atoms with Crippen molar-refractivity contribution in [3.63, 3.8) is 0 Å². The van der Waals surface area contributed by atoms with Crippen LogP contribution in [0.3, 0.4) is 0 Å². The minimum atomic E-state index is -4.44. The molecule has 0 atom stereocenters. The molecule has 0 fully saturated rings. The van der Waals surface area contributed by atoms with Gasteiger partial charge < -0.3 is 15.0 Å². The van der Waals surface area contributed by atoms with Crippen molar-refractivity contribution in [1.29, 1.82) is 0 Å². The highest BCUT2D eigenvalue weighted by atomic mass is 19.4. The molecular weight excluding hydrogens is 427 g/mol. The van der Waals surface area contributed by atoms with Gasteiger partial charge in [-0.15, -0.1) is 0 Å². The van der Waals surface area contributed by atoms with Crippen molar-refractivity contribution in [2.75, 3.05) is 5.32 Å². The normalized spacial score (nSPS) is 11.8. The molecule has 0 radical (unpaired) electrons. The number of hydrogen-bond donors (Lipinski definition) is 2. The van der Waals surface area contributed by atoms with E-state index in [9.17, 15) is 18.3 Å². The molecule has 0 aliphatic carbocycles. The average Bonchev–Trinajstić information content (AvgIpc) is 3.14. The fraction of sp³-hybridized carbons (Fsp3) is 0.115. The van der Waals surface area contributed by atoms with Crippen molar-refractivity contribution < 1.29 is 18.3 Å². The van der Waals surface area contributed by atoms with Gasteiger partial charge in [0.05, 0.1) is 16.6 Å². The number of phenolic OH excluding ortho intramolecular Hbond substituents is 1. The lowest BCUT2D eigenvalue weighted by Crippen LogP contribution is -2.07. The van der Waals surface area contributed by atoms with E-state index in [4.69, 9.17) is 0 Å². The molecule has 0 aliphatic heterocycles. The van der Waals surface area contributed by atoms with Gasteiger partial charge >= 0.3 is 6.18 Å². The Labute approximate surface area is 187 Å². The molecule has 4 nitrogen and oxygen atoms in total. The van der Waals surface area contributed by atoms with Crippen LogP contribution in [0, 0.1) is 0 Å². The molecule has 166 valence electrons. The molecule has 7 heteroatoms. The maximum atomic E-state index is 13.3. The lowest BCUT2D eigenvalue weighted by molar-refractivity contribution is -0.137. The smallest absolute Gasteiger partial charge is 0.416 e. The van der Waals surface area contributed by atoms with Crippen molar-refractivity contribution in [2.45, 2.75) is 19.1 Å². The number of benzene rings is 4. The summed E-state index contributed by atoms with van der Waals surface area (Å²) in [6, 6.07) is 24.2. The first kappa shape index (κ1) is 20.9. The van der Waals surface area contributed by atoms with Gasteiger partial charge in [-0.3, -0.25) is 0 Å². The van der Waals surface area contributed by atoms with E-state index in [2.05, 4.69) is 10.3 Å². The van der Waals surface area contributed by atoms with E-state index in [1.165, 1.54) is 6.07 Å². The average molecular weight is 447 g/mol. The van der Waals surface area contributed by atoms with E-state index in [-0.39, 0.29) is 11.3 Å². The number of fused-ring (bicyclic) bond motifs is 2. The summed E-state index contributed by atoms with van der Waals surface area (Å²) in [5, 5.41) is 14.9. The van der Waals surface area contributed by atoms with Crippen molar-refractivity contribution in [3.05, 3.63) is 96.1 Å². The summed E-state index contributed by atoms with van der Waals surface area (Å²) in [6.45, 7) is 0.532. The number of hydrogen-bond acceptors (Lipinski definition) is 3. The number of nitrogens with zero attached hydrogens (tertiary/aromatic N) is 2. The van der Waals surface area contributed by atoms with Crippen LogP contribution in [0.4, 0.5) is 24.8 Å². The largest absolute Gasteiger partial charge is 0.508 e. The highest BCUT2D eigenvalue weighted by molar-refractivity contribution is 5.96. The number of phenols is 1. The lowest BCUT2D eigenvalue weighted by atomic mass is 10.1. The van der Waals surface area contributed by atoms with Gasteiger partial charge in [0.2, 0.25) is 5.95 Å². The van der Waals surface area contributed by atoms with Gasteiger partial charge in [0.15, 0.2) is 0 Å². The van der Waals surface area contributed by atoms with Crippen LogP contribution < -0.4 is 5.32 Å². The quantitative estimate of drug-likeness (QED) is 0.308. The number of aromatic hydroxyl groups is 1. The Bertz CT molecular complexity index is 1440. The van der Waals surface area contributed by atoms with Gasteiger partial charge in [-0.25, -0.2) is 4.98 Å². The molecule has 0 aliphatic rings. The molecule has 5 rings (SSSR count). The molecule has 0 unspecified atom stereocenters. The Morgan fingerprint density at radius 2 is 1.70 bits per heavy atom. The van der Waals surface area contributed by atoms with Crippen LogP contribution in [-0.2, 0) is 19.1 Å². The van der Waals surface area contributed by atoms with Crippen LogP contribution in [0.15, 0.2) is 84.9 Å². The van der Waals surface area contributed by atoms with Gasteiger partial charge in [-0.2, -0.15) is 13.2 Å². The first-order valence-electron chi connectivity index (χ1n) is 10.5. The van der Waals surface area contributed by atoms with Gasteiger partial charge in [0.1, 0.15) is 5.75 Å². The molecule has 0 saturated carbocycles. The summed E-state index contributed by atoms with van der Waals surface area (Å²) in [4.78, 5) is 4.51. The van der Waals surface area contributed by atoms with Gasteiger partial charge in [0.25, 0.3) is 0 Å². The van der Waals surface area contributed by atoms with Crippen LogP contribution in [0.1, 0.15) is 11.1 Å². The second kappa shape index (κ2) is 8.16. The molecule has 5 aromatic rings. The van der Waals surface area contributed by atoms with Crippen LogP contribution in [-0.4, -0.2) is 14.7 Å². The van der Waals surface area contributed by atoms with Crippen molar-refractivity contribution >= 4 is 33.4 Å². The highest BCUT2D eigenvalue weighted by Crippen LogP contribution is 2.34. The second-order valence-electron chi connectivity index (χ2n) is 7.86. The van der Waals surface area contributed by atoms with Crippen molar-refractivity contribution in [1.82, 2.24) is 9.55 Å². The first-order valence-corrected chi connectivity index (χ1v) is 10.5. The number of nitrogens with one attached hydrogen (secondary N) is 1. The van der Waals surface area contributed by atoms with E-state index in [0.29, 0.717) is 30.1 Å². The number of aryl methyl sites for hydroxylation is 2. The Morgan fingerprint density at radius 1 is 0.879 bits per heavy atom. The molecule has 2 N–H and O–H groups in total. The molecule has 1 heterocycles. The number of imidazole rings is 1. The zero-order chi connectivity index (χ0) is 23.0.